The zero-order valence-corrected chi connectivity index (χ0v) is 30.0. The molecule has 0 saturated heterocycles. The van der Waals surface area contributed by atoms with Gasteiger partial charge in [0.15, 0.2) is 0 Å². The summed E-state index contributed by atoms with van der Waals surface area (Å²) in [4.78, 5) is 29.1. The molecule has 46 heavy (non-hydrogen) atoms. The molecule has 3 fully saturated rings. The average Bonchev–Trinajstić information content (AvgIpc) is 3.35. The molecule has 3 aliphatic rings. The fourth-order valence-electron chi connectivity index (χ4n) is 8.73. The van der Waals surface area contributed by atoms with Gasteiger partial charge in [-0.15, -0.1) is 12.3 Å². The van der Waals surface area contributed by atoms with E-state index >= 15 is 0 Å². The maximum absolute atomic E-state index is 14.8. The third-order valence-electron chi connectivity index (χ3n) is 11.7. The van der Waals surface area contributed by atoms with Crippen LogP contribution in [0, 0.1) is 46.8 Å². The first-order chi connectivity index (χ1) is 21.9. The molecule has 0 radical (unpaired) electrons. The second-order valence-corrected chi connectivity index (χ2v) is 15.1. The van der Waals surface area contributed by atoms with Crippen molar-refractivity contribution in [2.24, 2.45) is 46.8 Å². The molecule has 0 aromatic heterocycles. The van der Waals surface area contributed by atoms with Crippen LogP contribution in [0.25, 0.3) is 0 Å². The van der Waals surface area contributed by atoms with Crippen LogP contribution >= 0.6 is 0 Å². The minimum absolute atomic E-state index is 0.0861. The Bertz CT molecular complexity index is 1160. The standard InChI is InChI=1S/C42H64O4/c1-11-15-19-23-45-27-29(6)33(20-12-2)25-37(43)39-35(26-36-40(39)42(36,9)10)41(44)34(32-21-17-16-18-22-32)24-30(7)46-38(14-4)31(8)28(5)13-3/h11,32-36,38-40H,1,3,6-8,12,14-27H2,2,4-5,9-10H3. The second-order valence-electron chi connectivity index (χ2n) is 15.1. The van der Waals surface area contributed by atoms with Crippen LogP contribution < -0.4 is 0 Å². The summed E-state index contributed by atoms with van der Waals surface area (Å²) < 4.78 is 12.3. The van der Waals surface area contributed by atoms with E-state index in [0.29, 0.717) is 43.7 Å². The molecule has 3 saturated carbocycles. The summed E-state index contributed by atoms with van der Waals surface area (Å²) in [6, 6.07) is 0. The summed E-state index contributed by atoms with van der Waals surface area (Å²) in [5, 5.41) is 0. The summed E-state index contributed by atoms with van der Waals surface area (Å²) in [7, 11) is 0. The number of Topliss-reactive ketones (excluding diaryl/α,β-unsaturated/α-hetero) is 2. The van der Waals surface area contributed by atoms with Crippen molar-refractivity contribution in [2.45, 2.75) is 124 Å². The van der Waals surface area contributed by atoms with Gasteiger partial charge in [-0.3, -0.25) is 9.59 Å². The molecule has 7 atom stereocenters. The van der Waals surface area contributed by atoms with Gasteiger partial charge in [-0.05, 0) is 97.7 Å². The van der Waals surface area contributed by atoms with Crippen molar-refractivity contribution in [1.82, 2.24) is 0 Å². The zero-order chi connectivity index (χ0) is 34.0. The van der Waals surface area contributed by atoms with Crippen molar-refractivity contribution in [1.29, 1.82) is 0 Å². The monoisotopic (exact) mass is 632 g/mol. The van der Waals surface area contributed by atoms with Gasteiger partial charge >= 0.3 is 0 Å². The fraction of sp³-hybridized carbons (Fsp3) is 0.690. The van der Waals surface area contributed by atoms with Crippen molar-refractivity contribution >= 4 is 11.6 Å². The van der Waals surface area contributed by atoms with Crippen molar-refractivity contribution in [3.63, 3.8) is 0 Å². The van der Waals surface area contributed by atoms with Crippen molar-refractivity contribution in [2.75, 3.05) is 13.2 Å². The average molecular weight is 633 g/mol. The van der Waals surface area contributed by atoms with E-state index in [1.807, 2.05) is 13.0 Å². The van der Waals surface area contributed by atoms with E-state index in [-0.39, 0.29) is 52.7 Å². The lowest BCUT2D eigenvalue weighted by atomic mass is 9.69. The minimum atomic E-state index is -0.219. The number of allylic oxidation sites excluding steroid dienone is 2. The number of hydrogen-bond acceptors (Lipinski definition) is 4. The number of ether oxygens (including phenoxy) is 2. The van der Waals surface area contributed by atoms with Crippen LogP contribution in [-0.4, -0.2) is 30.9 Å². The van der Waals surface area contributed by atoms with Gasteiger partial charge in [0, 0.05) is 37.2 Å². The quantitative estimate of drug-likeness (QED) is 0.0392. The first kappa shape index (κ1) is 38.0. The Balaban J connectivity index is 1.79. The Labute approximate surface area is 281 Å². The van der Waals surface area contributed by atoms with E-state index in [4.69, 9.17) is 9.47 Å². The van der Waals surface area contributed by atoms with Crippen molar-refractivity contribution < 1.29 is 19.1 Å². The molecule has 4 heteroatoms. The van der Waals surface area contributed by atoms with E-state index in [9.17, 15) is 9.59 Å². The summed E-state index contributed by atoms with van der Waals surface area (Å²) in [5.41, 5.74) is 5.79. The van der Waals surface area contributed by atoms with Crippen LogP contribution in [0.4, 0.5) is 0 Å². The van der Waals surface area contributed by atoms with E-state index in [2.05, 4.69) is 66.3 Å². The molecule has 7 unspecified atom stereocenters. The first-order valence-electron chi connectivity index (χ1n) is 18.3. The molecule has 0 heterocycles. The number of unbranched alkanes of at least 4 members (excludes halogenated alkanes) is 1. The summed E-state index contributed by atoms with van der Waals surface area (Å²) >= 11 is 0. The predicted octanol–water partition coefficient (Wildman–Crippen LogP) is 10.6. The Hall–Kier alpha value is -2.42. The Kier molecular flexibility index (Phi) is 14.6. The maximum Gasteiger partial charge on any atom is 0.140 e. The van der Waals surface area contributed by atoms with Crippen LogP contribution in [0.2, 0.25) is 0 Å². The molecule has 0 aliphatic heterocycles. The van der Waals surface area contributed by atoms with Gasteiger partial charge in [-0.2, -0.15) is 0 Å². The highest BCUT2D eigenvalue weighted by molar-refractivity contribution is 5.93. The van der Waals surface area contributed by atoms with E-state index in [0.717, 1.165) is 80.9 Å². The highest BCUT2D eigenvalue weighted by Crippen LogP contribution is 2.71. The third-order valence-corrected chi connectivity index (χ3v) is 11.7. The van der Waals surface area contributed by atoms with Gasteiger partial charge in [-0.25, -0.2) is 0 Å². The normalized spacial score (nSPS) is 25.3. The highest BCUT2D eigenvalue weighted by Gasteiger charge is 2.69. The number of ketones is 2. The van der Waals surface area contributed by atoms with Crippen LogP contribution in [-0.2, 0) is 19.1 Å². The van der Waals surface area contributed by atoms with Gasteiger partial charge in [0.25, 0.3) is 0 Å². The van der Waals surface area contributed by atoms with E-state index < -0.39 is 0 Å². The van der Waals surface area contributed by atoms with Gasteiger partial charge in [0.2, 0.25) is 0 Å². The van der Waals surface area contributed by atoms with Crippen LogP contribution in [0.15, 0.2) is 67.2 Å². The number of hydrogen-bond donors (Lipinski definition) is 0. The number of carbonyl (C=O) groups is 2. The van der Waals surface area contributed by atoms with Crippen LogP contribution in [0.5, 0.6) is 0 Å². The third kappa shape index (κ3) is 9.35. The lowest BCUT2D eigenvalue weighted by molar-refractivity contribution is -0.137. The maximum atomic E-state index is 14.8. The molecule has 0 aromatic carbocycles. The van der Waals surface area contributed by atoms with Crippen molar-refractivity contribution in [3.8, 4) is 0 Å². The molecular weight excluding hydrogens is 568 g/mol. The molecule has 0 N–H and O–H groups in total. The van der Waals surface area contributed by atoms with Gasteiger partial charge in [0.05, 0.1) is 12.4 Å². The van der Waals surface area contributed by atoms with E-state index in [1.54, 1.807) is 0 Å². The molecule has 3 rings (SSSR count). The molecule has 0 aromatic rings. The second kappa shape index (κ2) is 17.7. The lowest BCUT2D eigenvalue weighted by Gasteiger charge is -2.35. The molecule has 0 amide bonds. The van der Waals surface area contributed by atoms with Gasteiger partial charge < -0.3 is 9.47 Å². The first-order valence-corrected chi connectivity index (χ1v) is 18.3. The summed E-state index contributed by atoms with van der Waals surface area (Å²) in [6.45, 7) is 32.4. The van der Waals surface area contributed by atoms with Gasteiger partial charge in [0.1, 0.15) is 17.7 Å². The smallest absolute Gasteiger partial charge is 0.140 e. The Morgan fingerprint density at radius 1 is 1.07 bits per heavy atom. The van der Waals surface area contributed by atoms with E-state index in [1.165, 1.54) is 6.42 Å². The topological polar surface area (TPSA) is 52.6 Å². The van der Waals surface area contributed by atoms with Crippen LogP contribution in [0.1, 0.15) is 118 Å². The Morgan fingerprint density at radius 3 is 2.37 bits per heavy atom. The molecule has 4 nitrogen and oxygen atoms in total. The summed E-state index contributed by atoms with van der Waals surface area (Å²) in [5.74, 6) is 1.71. The number of rotatable bonds is 22. The highest BCUT2D eigenvalue weighted by atomic mass is 16.5. The minimum Gasteiger partial charge on any atom is -0.491 e. The summed E-state index contributed by atoms with van der Waals surface area (Å²) in [6.07, 6.45) is 13.7. The number of fused-ring (bicyclic) bond motifs is 1. The SMILES string of the molecule is C=C=C(C)C(=C)C(CC)OC(=C)CC(C(=O)C1CC2C(C1C(=O)CC(CCC)C(=C)COCCCC=C)C2(C)C)C1CCCCC1. The Morgan fingerprint density at radius 2 is 1.76 bits per heavy atom. The molecule has 0 bridgehead atoms. The lowest BCUT2D eigenvalue weighted by Crippen LogP contribution is -2.38. The van der Waals surface area contributed by atoms with Crippen LogP contribution in [0.3, 0.4) is 0 Å². The molecule has 0 spiro atoms. The molecular formula is C42H64O4. The largest absolute Gasteiger partial charge is 0.491 e. The zero-order valence-electron chi connectivity index (χ0n) is 30.0. The molecule has 256 valence electrons. The molecule has 3 aliphatic carbocycles. The predicted molar refractivity (Wildman–Crippen MR) is 191 cm³/mol. The fourth-order valence-corrected chi connectivity index (χ4v) is 8.73. The van der Waals surface area contributed by atoms with Crippen molar-refractivity contribution in [3.05, 3.63) is 67.2 Å². The number of carbonyl (C=O) groups excluding carboxylic acids is 2. The van der Waals surface area contributed by atoms with Gasteiger partial charge in [-0.1, -0.05) is 85.8 Å².